The van der Waals surface area contributed by atoms with Gasteiger partial charge in [0.15, 0.2) is 11.6 Å². The third-order valence-electron chi connectivity index (χ3n) is 6.36. The van der Waals surface area contributed by atoms with E-state index in [9.17, 15) is 4.39 Å². The van der Waals surface area contributed by atoms with Crippen molar-refractivity contribution in [1.82, 2.24) is 19.9 Å². The first-order chi connectivity index (χ1) is 19.6. The summed E-state index contributed by atoms with van der Waals surface area (Å²) in [6.45, 7) is 4.34. The SMILES string of the molecule is CCOc1cc(-c2cccc(NSCCCF)c2F)cc2c(N3CCOCC3)nc(-c3cnc(NC)nc3)nc12. The molecular formula is C28H31F2N7O2S. The summed E-state index contributed by atoms with van der Waals surface area (Å²) >= 11 is 1.28. The molecule has 40 heavy (non-hydrogen) atoms. The fourth-order valence-corrected chi connectivity index (χ4v) is 5.08. The standard InChI is InChI=1S/C28H31F2N7O2S/c1-3-39-23-15-18(20-6-4-7-22(24(20)30)36-40-13-5-8-29)14-21-25(23)34-26(19-16-32-28(31-2)33-17-19)35-27(21)37-9-11-38-12-10-37/h4,6-7,14-17,36H,3,5,8-13H2,1-2H3,(H,31,32,33). The molecule has 2 N–H and O–H groups in total. The van der Waals surface area contributed by atoms with Gasteiger partial charge in [0.05, 0.1) is 37.7 Å². The summed E-state index contributed by atoms with van der Waals surface area (Å²) in [6.07, 6.45) is 3.76. The van der Waals surface area contributed by atoms with Gasteiger partial charge >= 0.3 is 0 Å². The van der Waals surface area contributed by atoms with E-state index in [1.54, 1.807) is 37.6 Å². The number of fused-ring (bicyclic) bond motifs is 1. The van der Waals surface area contributed by atoms with E-state index in [0.717, 1.165) is 5.39 Å². The lowest BCUT2D eigenvalue weighted by Gasteiger charge is -2.29. The number of ether oxygens (including phenoxy) is 2. The molecule has 9 nitrogen and oxygen atoms in total. The van der Waals surface area contributed by atoms with E-state index >= 15 is 4.39 Å². The molecule has 0 atom stereocenters. The number of benzene rings is 2. The molecule has 210 valence electrons. The fraction of sp³-hybridized carbons (Fsp3) is 0.357. The number of aromatic nitrogens is 4. The van der Waals surface area contributed by atoms with E-state index in [1.165, 1.54) is 11.9 Å². The van der Waals surface area contributed by atoms with Crippen molar-refractivity contribution in [2.45, 2.75) is 13.3 Å². The number of hydrogen-bond acceptors (Lipinski definition) is 10. The van der Waals surface area contributed by atoms with Crippen LogP contribution in [0.15, 0.2) is 42.7 Å². The zero-order valence-electron chi connectivity index (χ0n) is 22.4. The lowest BCUT2D eigenvalue weighted by atomic mass is 10.0. The molecule has 2 aromatic carbocycles. The highest BCUT2D eigenvalue weighted by Crippen LogP contribution is 2.39. The van der Waals surface area contributed by atoms with Crippen molar-refractivity contribution in [3.63, 3.8) is 0 Å². The molecule has 2 aromatic heterocycles. The maximum absolute atomic E-state index is 15.7. The highest BCUT2D eigenvalue weighted by Gasteiger charge is 2.22. The van der Waals surface area contributed by atoms with Gasteiger partial charge in [0.2, 0.25) is 5.95 Å². The van der Waals surface area contributed by atoms with Gasteiger partial charge in [-0.25, -0.2) is 24.3 Å². The van der Waals surface area contributed by atoms with Gasteiger partial charge in [0.1, 0.15) is 17.1 Å². The summed E-state index contributed by atoms with van der Waals surface area (Å²) in [4.78, 5) is 20.6. The van der Waals surface area contributed by atoms with Crippen LogP contribution in [-0.4, -0.2) is 72.3 Å². The van der Waals surface area contributed by atoms with Crippen LogP contribution >= 0.6 is 11.9 Å². The van der Waals surface area contributed by atoms with Crippen molar-refractivity contribution in [3.8, 4) is 28.3 Å². The second-order valence-corrected chi connectivity index (χ2v) is 9.88. The highest BCUT2D eigenvalue weighted by molar-refractivity contribution is 8.00. The van der Waals surface area contributed by atoms with Crippen molar-refractivity contribution in [2.24, 2.45) is 0 Å². The molecule has 1 fully saturated rings. The molecule has 0 unspecified atom stereocenters. The average molecular weight is 568 g/mol. The maximum Gasteiger partial charge on any atom is 0.222 e. The zero-order chi connectivity index (χ0) is 27.9. The summed E-state index contributed by atoms with van der Waals surface area (Å²) in [7, 11) is 1.75. The van der Waals surface area contributed by atoms with Crippen LogP contribution < -0.4 is 19.7 Å². The first-order valence-electron chi connectivity index (χ1n) is 13.2. The van der Waals surface area contributed by atoms with E-state index in [1.807, 2.05) is 19.1 Å². The fourth-order valence-electron chi connectivity index (χ4n) is 4.41. The number of rotatable bonds is 11. The van der Waals surface area contributed by atoms with Gasteiger partial charge < -0.3 is 24.4 Å². The van der Waals surface area contributed by atoms with Gasteiger partial charge in [-0.05, 0) is 37.1 Å². The van der Waals surface area contributed by atoms with Crippen molar-refractivity contribution in [2.75, 3.05) is 67.3 Å². The van der Waals surface area contributed by atoms with Crippen LogP contribution in [0.5, 0.6) is 5.75 Å². The number of hydrogen-bond donors (Lipinski definition) is 2. The quantitative estimate of drug-likeness (QED) is 0.176. The Labute approximate surface area is 235 Å². The Morgan fingerprint density at radius 1 is 1.10 bits per heavy atom. The molecule has 0 spiro atoms. The smallest absolute Gasteiger partial charge is 0.222 e. The molecule has 0 amide bonds. The number of halogens is 2. The van der Waals surface area contributed by atoms with Gasteiger partial charge in [0, 0.05) is 49.2 Å². The minimum atomic E-state index is -0.405. The number of alkyl halides is 1. The van der Waals surface area contributed by atoms with Crippen molar-refractivity contribution in [3.05, 3.63) is 48.5 Å². The Morgan fingerprint density at radius 2 is 1.90 bits per heavy atom. The molecule has 0 aliphatic carbocycles. The first kappa shape index (κ1) is 27.8. The van der Waals surface area contributed by atoms with Crippen LogP contribution in [0.2, 0.25) is 0 Å². The van der Waals surface area contributed by atoms with Crippen LogP contribution in [0.4, 0.5) is 26.2 Å². The third kappa shape index (κ3) is 6.02. The summed E-state index contributed by atoms with van der Waals surface area (Å²) < 4.78 is 42.9. The Bertz CT molecular complexity index is 1450. The predicted molar refractivity (Wildman–Crippen MR) is 156 cm³/mol. The van der Waals surface area contributed by atoms with Gasteiger partial charge in [0.25, 0.3) is 0 Å². The molecule has 3 heterocycles. The lowest BCUT2D eigenvalue weighted by Crippen LogP contribution is -2.37. The van der Waals surface area contributed by atoms with Crippen molar-refractivity contribution >= 4 is 40.3 Å². The van der Waals surface area contributed by atoms with Gasteiger partial charge in [-0.3, -0.25) is 4.39 Å². The average Bonchev–Trinajstić information content (AvgIpc) is 3.00. The minimum absolute atomic E-state index is 0.337. The molecule has 5 rings (SSSR count). The zero-order valence-corrected chi connectivity index (χ0v) is 23.2. The van der Waals surface area contributed by atoms with E-state index < -0.39 is 12.5 Å². The van der Waals surface area contributed by atoms with Crippen LogP contribution in [-0.2, 0) is 4.74 Å². The Hall–Kier alpha value is -3.77. The molecule has 4 aromatic rings. The molecule has 1 saturated heterocycles. The summed E-state index contributed by atoms with van der Waals surface area (Å²) in [5, 5.41) is 3.66. The Balaban J connectivity index is 1.65. The van der Waals surface area contributed by atoms with Gasteiger partial charge in [-0.15, -0.1) is 0 Å². The van der Waals surface area contributed by atoms with Crippen LogP contribution in [0, 0.1) is 5.82 Å². The molecular weight excluding hydrogens is 536 g/mol. The Kier molecular flexibility index (Phi) is 9.07. The molecule has 0 saturated carbocycles. The molecule has 0 bridgehead atoms. The second-order valence-electron chi connectivity index (χ2n) is 8.98. The topological polar surface area (TPSA) is 97.3 Å². The summed E-state index contributed by atoms with van der Waals surface area (Å²) in [5.41, 5.74) is 2.66. The maximum atomic E-state index is 15.7. The normalized spacial score (nSPS) is 13.4. The summed E-state index contributed by atoms with van der Waals surface area (Å²) in [6, 6.07) is 8.91. The van der Waals surface area contributed by atoms with Crippen molar-refractivity contribution < 1.29 is 18.3 Å². The summed E-state index contributed by atoms with van der Waals surface area (Å²) in [5.74, 6) is 2.33. The second kappa shape index (κ2) is 13.1. The highest BCUT2D eigenvalue weighted by atomic mass is 32.2. The van der Waals surface area contributed by atoms with E-state index in [-0.39, 0.29) is 0 Å². The van der Waals surface area contributed by atoms with Gasteiger partial charge in [-0.1, -0.05) is 24.1 Å². The molecule has 0 radical (unpaired) electrons. The van der Waals surface area contributed by atoms with Crippen molar-refractivity contribution in [1.29, 1.82) is 0 Å². The van der Waals surface area contributed by atoms with Crippen LogP contribution in [0.25, 0.3) is 33.4 Å². The van der Waals surface area contributed by atoms with Crippen LogP contribution in [0.3, 0.4) is 0 Å². The molecule has 12 heteroatoms. The first-order valence-corrected chi connectivity index (χ1v) is 14.2. The number of nitrogens with zero attached hydrogens (tertiary/aromatic N) is 5. The van der Waals surface area contributed by atoms with E-state index in [4.69, 9.17) is 19.4 Å². The van der Waals surface area contributed by atoms with E-state index in [0.29, 0.717) is 96.3 Å². The number of anilines is 3. The third-order valence-corrected chi connectivity index (χ3v) is 7.22. The largest absolute Gasteiger partial charge is 0.492 e. The van der Waals surface area contributed by atoms with E-state index in [2.05, 4.69) is 24.9 Å². The number of nitrogens with one attached hydrogen (secondary N) is 2. The minimum Gasteiger partial charge on any atom is -0.492 e. The van der Waals surface area contributed by atoms with Gasteiger partial charge in [-0.2, -0.15) is 0 Å². The Morgan fingerprint density at radius 3 is 2.62 bits per heavy atom. The monoisotopic (exact) mass is 567 g/mol. The van der Waals surface area contributed by atoms with Crippen LogP contribution in [0.1, 0.15) is 13.3 Å². The molecule has 1 aliphatic heterocycles. The lowest BCUT2D eigenvalue weighted by molar-refractivity contribution is 0.122. The number of morpholine rings is 1. The molecule has 1 aliphatic rings. The predicted octanol–water partition coefficient (Wildman–Crippen LogP) is 5.59.